The van der Waals surface area contributed by atoms with Gasteiger partial charge in [0.05, 0.1) is 47.6 Å². The fourth-order valence-corrected chi connectivity index (χ4v) is 6.00. The highest BCUT2D eigenvalue weighted by molar-refractivity contribution is 6.34. The number of fused-ring (bicyclic) bond motifs is 2. The lowest BCUT2D eigenvalue weighted by Gasteiger charge is -2.33. The zero-order chi connectivity index (χ0) is 30.5. The molecule has 228 valence electrons. The Kier molecular flexibility index (Phi) is 7.78. The zero-order valence-electron chi connectivity index (χ0n) is 24.6. The second-order valence-corrected chi connectivity index (χ2v) is 12.5. The van der Waals surface area contributed by atoms with E-state index in [9.17, 15) is 14.3 Å². The van der Waals surface area contributed by atoms with Gasteiger partial charge >= 0.3 is 6.09 Å². The lowest BCUT2D eigenvalue weighted by Crippen LogP contribution is -2.44. The molecule has 2 atom stereocenters. The molecule has 11 nitrogen and oxygen atoms in total. The number of carbonyl (C=O) groups excluding carboxylic acids is 1. The van der Waals surface area contributed by atoms with Gasteiger partial charge in [-0.3, -0.25) is 14.6 Å². The Hall–Kier alpha value is -3.74. The normalized spacial score (nSPS) is 18.2. The van der Waals surface area contributed by atoms with Crippen molar-refractivity contribution in [3.05, 3.63) is 64.6 Å². The van der Waals surface area contributed by atoms with Crippen molar-refractivity contribution in [3.63, 3.8) is 0 Å². The molecule has 1 saturated heterocycles. The SMILES string of the molecule is Cc1c(-c2cc(OC(CO)c3ccc(F)cn3)c3c(Cl)cnn3c2)nn2c1CN(C1CCN(C(=O)OC(C)(C)C)C1)CC2. The van der Waals surface area contributed by atoms with E-state index in [2.05, 4.69) is 21.9 Å². The Balaban J connectivity index is 1.25. The Labute approximate surface area is 253 Å². The maximum Gasteiger partial charge on any atom is 0.410 e. The molecule has 2 aliphatic heterocycles. The predicted octanol–water partition coefficient (Wildman–Crippen LogP) is 4.63. The largest absolute Gasteiger partial charge is 0.479 e. The summed E-state index contributed by atoms with van der Waals surface area (Å²) < 4.78 is 28.9. The summed E-state index contributed by atoms with van der Waals surface area (Å²) in [5.74, 6) is -0.0832. The van der Waals surface area contributed by atoms with Gasteiger partial charge in [-0.15, -0.1) is 0 Å². The van der Waals surface area contributed by atoms with E-state index in [-0.39, 0.29) is 18.7 Å². The van der Waals surface area contributed by atoms with Crippen LogP contribution in [0.4, 0.5) is 9.18 Å². The van der Waals surface area contributed by atoms with E-state index in [0.29, 0.717) is 41.6 Å². The first kappa shape index (κ1) is 29.3. The van der Waals surface area contributed by atoms with Crippen LogP contribution in [0.2, 0.25) is 5.02 Å². The Bertz CT molecular complexity index is 1650. The van der Waals surface area contributed by atoms with Gasteiger partial charge in [0, 0.05) is 44.0 Å². The number of pyridine rings is 2. The maximum atomic E-state index is 13.5. The number of likely N-dealkylation sites (tertiary alicyclic amines) is 1. The van der Waals surface area contributed by atoms with Crippen LogP contribution >= 0.6 is 11.6 Å². The number of aliphatic hydroxyl groups excluding tert-OH is 1. The lowest BCUT2D eigenvalue weighted by atomic mass is 10.1. The van der Waals surface area contributed by atoms with E-state index >= 15 is 0 Å². The number of aliphatic hydroxyl groups is 1. The minimum absolute atomic E-state index is 0.247. The van der Waals surface area contributed by atoms with Crippen molar-refractivity contribution in [2.24, 2.45) is 0 Å². The Morgan fingerprint density at radius 1 is 1.23 bits per heavy atom. The minimum atomic E-state index is -0.845. The summed E-state index contributed by atoms with van der Waals surface area (Å²) in [4.78, 5) is 20.9. The van der Waals surface area contributed by atoms with Gasteiger partial charge in [-0.05, 0) is 57.9 Å². The summed E-state index contributed by atoms with van der Waals surface area (Å²) >= 11 is 6.47. The summed E-state index contributed by atoms with van der Waals surface area (Å²) in [6.45, 7) is 10.9. The third-order valence-electron chi connectivity index (χ3n) is 7.92. The van der Waals surface area contributed by atoms with Crippen LogP contribution in [0, 0.1) is 12.7 Å². The molecule has 1 amide bonds. The van der Waals surface area contributed by atoms with Gasteiger partial charge in [-0.25, -0.2) is 13.7 Å². The Morgan fingerprint density at radius 3 is 2.77 bits per heavy atom. The highest BCUT2D eigenvalue weighted by atomic mass is 35.5. The first-order valence-electron chi connectivity index (χ1n) is 14.3. The molecule has 0 spiro atoms. The third kappa shape index (κ3) is 5.91. The van der Waals surface area contributed by atoms with E-state index < -0.39 is 17.5 Å². The summed E-state index contributed by atoms with van der Waals surface area (Å²) in [6.07, 6.45) is 4.26. The molecular formula is C30H35ClFN7O4. The van der Waals surface area contributed by atoms with Crippen molar-refractivity contribution in [1.29, 1.82) is 0 Å². The highest BCUT2D eigenvalue weighted by Gasteiger charge is 2.35. The van der Waals surface area contributed by atoms with Gasteiger partial charge in [-0.1, -0.05) is 11.6 Å². The third-order valence-corrected chi connectivity index (χ3v) is 8.20. The van der Waals surface area contributed by atoms with E-state index in [1.165, 1.54) is 18.3 Å². The Morgan fingerprint density at radius 2 is 2.05 bits per heavy atom. The maximum absolute atomic E-state index is 13.5. The van der Waals surface area contributed by atoms with Crippen LogP contribution in [0.25, 0.3) is 16.8 Å². The topological polar surface area (TPSA) is 110 Å². The van der Waals surface area contributed by atoms with Crippen molar-refractivity contribution >= 4 is 23.2 Å². The highest BCUT2D eigenvalue weighted by Crippen LogP contribution is 2.36. The molecule has 4 aromatic rings. The van der Waals surface area contributed by atoms with E-state index in [4.69, 9.17) is 26.2 Å². The van der Waals surface area contributed by atoms with Gasteiger partial charge in [0.25, 0.3) is 0 Å². The zero-order valence-corrected chi connectivity index (χ0v) is 25.4. The van der Waals surface area contributed by atoms with Crippen LogP contribution in [0.3, 0.4) is 0 Å². The van der Waals surface area contributed by atoms with Crippen molar-refractivity contribution in [1.82, 2.24) is 34.2 Å². The average molecular weight is 612 g/mol. The number of rotatable bonds is 6. The molecule has 0 aromatic carbocycles. The van der Waals surface area contributed by atoms with E-state index in [1.807, 2.05) is 37.7 Å². The molecule has 0 bridgehead atoms. The van der Waals surface area contributed by atoms with Crippen LogP contribution in [-0.4, -0.2) is 83.3 Å². The van der Waals surface area contributed by atoms with Gasteiger partial charge in [0.1, 0.15) is 22.7 Å². The summed E-state index contributed by atoms with van der Waals surface area (Å²) in [5.41, 5.74) is 4.11. The van der Waals surface area contributed by atoms with Crippen molar-refractivity contribution in [3.8, 4) is 17.0 Å². The van der Waals surface area contributed by atoms with Crippen LogP contribution in [0.1, 0.15) is 50.2 Å². The number of ether oxygens (including phenoxy) is 2. The van der Waals surface area contributed by atoms with E-state index in [1.54, 1.807) is 9.42 Å². The van der Waals surface area contributed by atoms with E-state index in [0.717, 1.165) is 48.2 Å². The van der Waals surface area contributed by atoms with Crippen molar-refractivity contribution in [2.45, 2.75) is 65.0 Å². The first-order chi connectivity index (χ1) is 20.5. The lowest BCUT2D eigenvalue weighted by molar-refractivity contribution is 0.0275. The van der Waals surface area contributed by atoms with Gasteiger partial charge in [0.15, 0.2) is 6.10 Å². The monoisotopic (exact) mass is 611 g/mol. The predicted molar refractivity (Wildman–Crippen MR) is 157 cm³/mol. The molecule has 2 aliphatic rings. The van der Waals surface area contributed by atoms with Crippen LogP contribution in [0.5, 0.6) is 5.75 Å². The number of amides is 1. The smallest absolute Gasteiger partial charge is 0.410 e. The molecule has 6 rings (SSSR count). The van der Waals surface area contributed by atoms with Crippen molar-refractivity contribution in [2.75, 3.05) is 26.2 Å². The fourth-order valence-electron chi connectivity index (χ4n) is 5.77. The number of halogens is 2. The molecular weight excluding hydrogens is 577 g/mol. The van der Waals surface area contributed by atoms with Gasteiger partial charge in [-0.2, -0.15) is 10.2 Å². The van der Waals surface area contributed by atoms with Crippen LogP contribution in [0.15, 0.2) is 36.8 Å². The number of carbonyl (C=O) groups is 1. The summed E-state index contributed by atoms with van der Waals surface area (Å²) in [6, 6.07) is 4.84. The number of aromatic nitrogens is 5. The number of nitrogens with zero attached hydrogens (tertiary/aromatic N) is 7. The first-order valence-corrected chi connectivity index (χ1v) is 14.7. The molecule has 2 unspecified atom stereocenters. The van der Waals surface area contributed by atoms with Crippen LogP contribution < -0.4 is 4.74 Å². The molecule has 0 saturated carbocycles. The summed E-state index contributed by atoms with van der Waals surface area (Å²) in [5, 5.41) is 19.8. The minimum Gasteiger partial charge on any atom is -0.479 e. The molecule has 13 heteroatoms. The van der Waals surface area contributed by atoms with Gasteiger partial charge in [0.2, 0.25) is 0 Å². The van der Waals surface area contributed by atoms with Gasteiger partial charge < -0.3 is 19.5 Å². The fraction of sp³-hybridized carbons (Fsp3) is 0.467. The van der Waals surface area contributed by atoms with Crippen LogP contribution in [-0.2, 0) is 17.8 Å². The van der Waals surface area contributed by atoms with Crippen molar-refractivity contribution < 1.29 is 23.8 Å². The molecule has 1 fully saturated rings. The second-order valence-electron chi connectivity index (χ2n) is 12.1. The average Bonchev–Trinajstić information content (AvgIpc) is 3.69. The number of hydrogen-bond acceptors (Lipinski definition) is 8. The molecule has 1 N–H and O–H groups in total. The number of hydrogen-bond donors (Lipinski definition) is 1. The quantitative estimate of drug-likeness (QED) is 0.336. The molecule has 0 radical (unpaired) electrons. The summed E-state index contributed by atoms with van der Waals surface area (Å²) in [7, 11) is 0. The molecule has 43 heavy (non-hydrogen) atoms. The second kappa shape index (κ2) is 11.4. The molecule has 6 heterocycles. The molecule has 4 aromatic heterocycles. The standard InChI is InChI=1S/C30H35ClFN7O4/c1-18-24-16-36(21-7-8-37(15-21)29(41)43-30(2,3)4)9-10-38(24)35-27(18)19-11-25(28-22(31)13-34-39(28)14-19)42-26(17-40)23-6-5-20(32)12-33-23/h5-6,11-14,21,26,40H,7-10,15-17H2,1-4H3. The molecule has 0 aliphatic carbocycles.